The Kier molecular flexibility index (Phi) is 3.56. The normalized spacial score (nSPS) is 11.8. The smallest absolute Gasteiger partial charge is 0.417 e. The maximum atomic E-state index is 13.0. The molecule has 23 heavy (non-hydrogen) atoms. The summed E-state index contributed by atoms with van der Waals surface area (Å²) in [4.78, 5) is 11.2. The number of rotatable bonds is 2. The lowest BCUT2D eigenvalue weighted by molar-refractivity contribution is -0.137. The van der Waals surface area contributed by atoms with E-state index in [0.29, 0.717) is 10.9 Å². The zero-order valence-corrected chi connectivity index (χ0v) is 12.2. The van der Waals surface area contributed by atoms with E-state index in [-0.39, 0.29) is 11.3 Å². The first-order valence-electron chi connectivity index (χ1n) is 6.50. The first-order chi connectivity index (χ1) is 10.8. The van der Waals surface area contributed by atoms with Crippen LogP contribution in [0.25, 0.3) is 16.6 Å². The van der Waals surface area contributed by atoms with Crippen LogP contribution in [0.1, 0.15) is 15.9 Å². The second-order valence-electron chi connectivity index (χ2n) is 4.87. The fourth-order valence-electron chi connectivity index (χ4n) is 2.49. The Hall–Kier alpha value is -2.47. The Balaban J connectivity index is 2.27. The average molecular weight is 340 g/mol. The quantitative estimate of drug-likeness (QED) is 0.713. The number of fused-ring (bicyclic) bond motifs is 1. The molecule has 2 aromatic carbocycles. The molecule has 0 spiro atoms. The van der Waals surface area contributed by atoms with Gasteiger partial charge < -0.3 is 9.67 Å². The van der Waals surface area contributed by atoms with Crippen LogP contribution in [-0.4, -0.2) is 15.6 Å². The molecule has 118 valence electrons. The number of hydrogen-bond donors (Lipinski definition) is 1. The molecule has 0 aliphatic rings. The SMILES string of the molecule is O=C(O)c1cccc2c1ccn2-c1cccc(C(F)(F)F)c1Cl. The number of halogens is 4. The molecule has 0 radical (unpaired) electrons. The molecule has 1 heterocycles. The average Bonchev–Trinajstić information content (AvgIpc) is 2.89. The van der Waals surface area contributed by atoms with Crippen molar-refractivity contribution in [2.24, 2.45) is 0 Å². The summed E-state index contributed by atoms with van der Waals surface area (Å²) in [5.74, 6) is -1.11. The van der Waals surface area contributed by atoms with Gasteiger partial charge in [0.15, 0.2) is 0 Å². The van der Waals surface area contributed by atoms with Gasteiger partial charge in [-0.2, -0.15) is 13.2 Å². The van der Waals surface area contributed by atoms with E-state index in [1.54, 1.807) is 6.07 Å². The minimum atomic E-state index is -4.57. The Morgan fingerprint density at radius 2 is 1.78 bits per heavy atom. The van der Waals surface area contributed by atoms with E-state index in [2.05, 4.69) is 0 Å². The maximum absolute atomic E-state index is 13.0. The molecule has 0 aliphatic carbocycles. The maximum Gasteiger partial charge on any atom is 0.417 e. The van der Waals surface area contributed by atoms with E-state index in [4.69, 9.17) is 11.6 Å². The highest BCUT2D eigenvalue weighted by Gasteiger charge is 2.34. The zero-order valence-electron chi connectivity index (χ0n) is 11.4. The summed E-state index contributed by atoms with van der Waals surface area (Å²) in [5, 5.41) is 9.18. The van der Waals surface area contributed by atoms with Gasteiger partial charge in [0.1, 0.15) is 0 Å². The van der Waals surface area contributed by atoms with Crippen molar-refractivity contribution in [2.75, 3.05) is 0 Å². The van der Waals surface area contributed by atoms with Gasteiger partial charge in [-0.05, 0) is 30.3 Å². The highest BCUT2D eigenvalue weighted by Crippen LogP contribution is 2.38. The minimum Gasteiger partial charge on any atom is -0.478 e. The van der Waals surface area contributed by atoms with Crippen molar-refractivity contribution in [3.8, 4) is 5.69 Å². The summed E-state index contributed by atoms with van der Waals surface area (Å²) in [6, 6.07) is 9.74. The minimum absolute atomic E-state index is 0.0735. The third-order valence-electron chi connectivity index (χ3n) is 3.51. The Bertz CT molecular complexity index is 915. The van der Waals surface area contributed by atoms with Crippen molar-refractivity contribution in [3.05, 3.63) is 64.8 Å². The monoisotopic (exact) mass is 339 g/mol. The number of alkyl halides is 3. The van der Waals surface area contributed by atoms with Gasteiger partial charge in [0, 0.05) is 11.6 Å². The van der Waals surface area contributed by atoms with Gasteiger partial charge in [-0.3, -0.25) is 0 Å². The van der Waals surface area contributed by atoms with E-state index in [0.717, 1.165) is 6.07 Å². The van der Waals surface area contributed by atoms with Gasteiger partial charge in [0.05, 0.1) is 27.4 Å². The highest BCUT2D eigenvalue weighted by atomic mass is 35.5. The van der Waals surface area contributed by atoms with Gasteiger partial charge >= 0.3 is 12.1 Å². The third-order valence-corrected chi connectivity index (χ3v) is 3.90. The van der Waals surface area contributed by atoms with Crippen LogP contribution in [0.5, 0.6) is 0 Å². The van der Waals surface area contributed by atoms with E-state index < -0.39 is 22.7 Å². The molecule has 7 heteroatoms. The van der Waals surface area contributed by atoms with Crippen LogP contribution in [0.3, 0.4) is 0 Å². The molecule has 1 aromatic heterocycles. The van der Waals surface area contributed by atoms with Gasteiger partial charge in [-0.1, -0.05) is 23.7 Å². The molecule has 3 nitrogen and oxygen atoms in total. The van der Waals surface area contributed by atoms with Gasteiger partial charge in [0.2, 0.25) is 0 Å². The molecule has 0 atom stereocenters. The standard InChI is InChI=1S/C16H9ClF3NO2/c17-14-11(16(18,19)20)4-2-6-13(14)21-8-7-9-10(15(22)23)3-1-5-12(9)21/h1-8H,(H,22,23). The first-order valence-corrected chi connectivity index (χ1v) is 6.88. The molecule has 0 bridgehead atoms. The summed E-state index contributed by atoms with van der Waals surface area (Å²) >= 11 is 5.93. The van der Waals surface area contributed by atoms with Gasteiger partial charge in [0.25, 0.3) is 0 Å². The van der Waals surface area contributed by atoms with Crippen molar-refractivity contribution in [1.29, 1.82) is 0 Å². The molecule has 0 amide bonds. The molecule has 3 aromatic rings. The van der Waals surface area contributed by atoms with Crippen LogP contribution in [0.15, 0.2) is 48.7 Å². The Morgan fingerprint density at radius 3 is 2.43 bits per heavy atom. The number of hydrogen-bond acceptors (Lipinski definition) is 1. The summed E-state index contributed by atoms with van der Waals surface area (Å²) in [5.41, 5.74) is -0.262. The predicted octanol–water partition coefficient (Wildman–Crippen LogP) is 5.00. The van der Waals surface area contributed by atoms with E-state index in [1.165, 1.54) is 41.1 Å². The Labute approximate surface area is 133 Å². The van der Waals surface area contributed by atoms with Crippen LogP contribution >= 0.6 is 11.6 Å². The van der Waals surface area contributed by atoms with Gasteiger partial charge in [-0.15, -0.1) is 0 Å². The number of nitrogens with zero attached hydrogens (tertiary/aromatic N) is 1. The molecular formula is C16H9ClF3NO2. The lowest BCUT2D eigenvalue weighted by atomic mass is 10.1. The summed E-state index contributed by atoms with van der Waals surface area (Å²) in [6.45, 7) is 0. The highest BCUT2D eigenvalue weighted by molar-refractivity contribution is 6.33. The molecule has 0 unspecified atom stereocenters. The fourth-order valence-corrected chi connectivity index (χ4v) is 2.81. The van der Waals surface area contributed by atoms with Crippen molar-refractivity contribution in [1.82, 2.24) is 4.57 Å². The van der Waals surface area contributed by atoms with Crippen LogP contribution in [0, 0.1) is 0 Å². The number of carbonyl (C=O) groups is 1. The molecule has 3 rings (SSSR count). The van der Waals surface area contributed by atoms with Crippen molar-refractivity contribution in [2.45, 2.75) is 6.18 Å². The van der Waals surface area contributed by atoms with Crippen molar-refractivity contribution < 1.29 is 23.1 Å². The summed E-state index contributed by atoms with van der Waals surface area (Å²) in [7, 11) is 0. The molecule has 0 aliphatic heterocycles. The number of aromatic nitrogens is 1. The summed E-state index contributed by atoms with van der Waals surface area (Å²) in [6.07, 6.45) is -3.07. The lowest BCUT2D eigenvalue weighted by Gasteiger charge is -2.14. The number of carboxylic acids is 1. The molecule has 0 saturated carbocycles. The molecule has 0 fully saturated rings. The third kappa shape index (κ3) is 2.55. The van der Waals surface area contributed by atoms with E-state index >= 15 is 0 Å². The van der Waals surface area contributed by atoms with Crippen molar-refractivity contribution in [3.63, 3.8) is 0 Å². The van der Waals surface area contributed by atoms with Crippen LogP contribution in [0.2, 0.25) is 5.02 Å². The van der Waals surface area contributed by atoms with E-state index in [1.807, 2.05) is 0 Å². The molecule has 0 saturated heterocycles. The molecule has 1 N–H and O–H groups in total. The number of carboxylic acid groups (broad SMARTS) is 1. The van der Waals surface area contributed by atoms with Crippen LogP contribution in [0.4, 0.5) is 13.2 Å². The van der Waals surface area contributed by atoms with Crippen LogP contribution < -0.4 is 0 Å². The number of aromatic carboxylic acids is 1. The van der Waals surface area contributed by atoms with Crippen LogP contribution in [-0.2, 0) is 6.18 Å². The molecular weight excluding hydrogens is 331 g/mol. The van der Waals surface area contributed by atoms with E-state index in [9.17, 15) is 23.1 Å². The van der Waals surface area contributed by atoms with Gasteiger partial charge in [-0.25, -0.2) is 4.79 Å². The summed E-state index contributed by atoms with van der Waals surface area (Å²) < 4.78 is 40.4. The van der Waals surface area contributed by atoms with Crippen molar-refractivity contribution >= 4 is 28.5 Å². The first kappa shape index (κ1) is 15.4. The lowest BCUT2D eigenvalue weighted by Crippen LogP contribution is -2.07. The number of benzene rings is 2. The topological polar surface area (TPSA) is 42.2 Å². The fraction of sp³-hybridized carbons (Fsp3) is 0.0625. The zero-order chi connectivity index (χ0) is 16.8. The second kappa shape index (κ2) is 5.31. The largest absolute Gasteiger partial charge is 0.478 e. The Morgan fingerprint density at radius 1 is 1.09 bits per heavy atom. The second-order valence-corrected chi connectivity index (χ2v) is 5.24. The predicted molar refractivity (Wildman–Crippen MR) is 80.2 cm³/mol.